The molecule has 1 heterocycles. The van der Waals surface area contributed by atoms with Gasteiger partial charge in [0.2, 0.25) is 5.75 Å². The van der Waals surface area contributed by atoms with Gasteiger partial charge in [0, 0.05) is 11.6 Å². The van der Waals surface area contributed by atoms with Crippen LogP contribution in [-0.2, 0) is 0 Å². The molecule has 0 saturated carbocycles. The van der Waals surface area contributed by atoms with Crippen LogP contribution < -0.4 is 15.2 Å². The summed E-state index contributed by atoms with van der Waals surface area (Å²) in [5, 5.41) is 16.4. The Morgan fingerprint density at radius 1 is 1.24 bits per heavy atom. The third-order valence-corrected chi connectivity index (χ3v) is 2.37. The average Bonchev–Trinajstić information content (AvgIpc) is 2.74. The quantitative estimate of drug-likeness (QED) is 0.747. The van der Waals surface area contributed by atoms with E-state index in [1.807, 2.05) is 0 Å². The largest absolute Gasteiger partial charge is 0.504 e. The first-order valence-electron chi connectivity index (χ1n) is 4.92. The minimum atomic E-state index is -0.00461. The number of aromatic nitrogens is 2. The summed E-state index contributed by atoms with van der Waals surface area (Å²) >= 11 is 0. The lowest BCUT2D eigenvalue weighted by atomic mass is 10.1. The third kappa shape index (κ3) is 1.96. The molecule has 0 saturated heterocycles. The Bertz CT molecular complexity index is 537. The van der Waals surface area contributed by atoms with Crippen molar-refractivity contribution in [3.8, 4) is 28.5 Å². The smallest absolute Gasteiger partial charge is 0.203 e. The highest BCUT2D eigenvalue weighted by atomic mass is 16.5. The first kappa shape index (κ1) is 11.1. The molecule has 0 aliphatic heterocycles. The minimum absolute atomic E-state index is 0.00461. The lowest BCUT2D eigenvalue weighted by Gasteiger charge is -2.10. The predicted octanol–water partition coefficient (Wildman–Crippen LogP) is 1.38. The first-order valence-corrected chi connectivity index (χ1v) is 4.92. The van der Waals surface area contributed by atoms with Gasteiger partial charge in [-0.15, -0.1) is 0 Å². The van der Waals surface area contributed by atoms with Crippen LogP contribution in [-0.4, -0.2) is 29.5 Å². The molecule has 0 amide bonds. The van der Waals surface area contributed by atoms with Crippen molar-refractivity contribution in [3.63, 3.8) is 0 Å². The Morgan fingerprint density at radius 2 is 2.00 bits per heavy atom. The Kier molecular flexibility index (Phi) is 2.78. The van der Waals surface area contributed by atoms with E-state index in [-0.39, 0.29) is 5.75 Å². The molecule has 0 aliphatic carbocycles. The van der Waals surface area contributed by atoms with E-state index in [1.165, 1.54) is 14.2 Å². The van der Waals surface area contributed by atoms with Crippen LogP contribution in [0.1, 0.15) is 0 Å². The molecule has 2 aromatic rings. The van der Waals surface area contributed by atoms with Gasteiger partial charge in [0.15, 0.2) is 11.5 Å². The highest BCUT2D eigenvalue weighted by Crippen LogP contribution is 2.40. The van der Waals surface area contributed by atoms with E-state index >= 15 is 0 Å². The zero-order valence-corrected chi connectivity index (χ0v) is 9.52. The molecule has 0 spiro atoms. The number of phenols is 1. The highest BCUT2D eigenvalue weighted by molar-refractivity contribution is 5.69. The molecule has 17 heavy (non-hydrogen) atoms. The number of benzene rings is 1. The Morgan fingerprint density at radius 3 is 2.53 bits per heavy atom. The van der Waals surface area contributed by atoms with Crippen molar-refractivity contribution in [3.05, 3.63) is 18.2 Å². The molecule has 6 nitrogen and oxygen atoms in total. The lowest BCUT2D eigenvalue weighted by Crippen LogP contribution is -1.92. The maximum atomic E-state index is 9.80. The molecule has 0 unspecified atom stereocenters. The van der Waals surface area contributed by atoms with Crippen LogP contribution in [0.2, 0.25) is 0 Å². The minimum Gasteiger partial charge on any atom is -0.504 e. The van der Waals surface area contributed by atoms with Crippen molar-refractivity contribution in [1.29, 1.82) is 0 Å². The summed E-state index contributed by atoms with van der Waals surface area (Å²) in [6.45, 7) is 0. The summed E-state index contributed by atoms with van der Waals surface area (Å²) in [6, 6.07) is 4.94. The fourth-order valence-electron chi connectivity index (χ4n) is 1.58. The van der Waals surface area contributed by atoms with Crippen LogP contribution in [0.5, 0.6) is 17.2 Å². The number of aromatic hydroxyl groups is 1. The Balaban J connectivity index is 2.53. The number of phenolic OH excluding ortho intramolecular Hbond substituents is 1. The zero-order chi connectivity index (χ0) is 12.4. The topological polar surface area (TPSA) is 93.4 Å². The third-order valence-electron chi connectivity index (χ3n) is 2.37. The summed E-state index contributed by atoms with van der Waals surface area (Å²) in [5.74, 6) is 1.11. The molecule has 0 fully saturated rings. The average molecular weight is 235 g/mol. The van der Waals surface area contributed by atoms with E-state index in [0.717, 1.165) is 0 Å². The van der Waals surface area contributed by atoms with Gasteiger partial charge in [-0.05, 0) is 12.1 Å². The Hall–Kier alpha value is -2.37. The molecular formula is C11H13N3O3. The van der Waals surface area contributed by atoms with Crippen molar-refractivity contribution < 1.29 is 14.6 Å². The molecule has 2 rings (SSSR count). The van der Waals surface area contributed by atoms with Gasteiger partial charge in [-0.3, -0.25) is 5.10 Å². The van der Waals surface area contributed by atoms with E-state index in [0.29, 0.717) is 28.6 Å². The van der Waals surface area contributed by atoms with Gasteiger partial charge in [-0.2, -0.15) is 5.10 Å². The molecule has 0 aliphatic rings. The van der Waals surface area contributed by atoms with Gasteiger partial charge in [-0.25, -0.2) is 0 Å². The molecule has 4 N–H and O–H groups in total. The fraction of sp³-hybridized carbons (Fsp3) is 0.182. The summed E-state index contributed by atoms with van der Waals surface area (Å²) < 4.78 is 10.2. The van der Waals surface area contributed by atoms with Crippen molar-refractivity contribution in [2.45, 2.75) is 0 Å². The first-order chi connectivity index (χ1) is 8.15. The second-order valence-corrected chi connectivity index (χ2v) is 3.44. The van der Waals surface area contributed by atoms with E-state index in [1.54, 1.807) is 18.2 Å². The number of nitrogens with zero attached hydrogens (tertiary/aromatic N) is 1. The number of methoxy groups -OCH3 is 2. The second kappa shape index (κ2) is 4.25. The van der Waals surface area contributed by atoms with Gasteiger partial charge in [0.05, 0.1) is 19.9 Å². The van der Waals surface area contributed by atoms with Gasteiger partial charge in [-0.1, -0.05) is 0 Å². The van der Waals surface area contributed by atoms with Crippen LogP contribution in [0, 0.1) is 0 Å². The molecule has 0 bridgehead atoms. The summed E-state index contributed by atoms with van der Waals surface area (Å²) in [4.78, 5) is 0. The molecule has 1 aromatic carbocycles. The fourth-order valence-corrected chi connectivity index (χ4v) is 1.58. The number of nitrogens with one attached hydrogen (secondary N) is 1. The summed E-state index contributed by atoms with van der Waals surface area (Å²) in [5.41, 5.74) is 6.93. The molecule has 1 aromatic heterocycles. The molecule has 90 valence electrons. The normalized spacial score (nSPS) is 10.2. The van der Waals surface area contributed by atoms with E-state index in [9.17, 15) is 5.11 Å². The van der Waals surface area contributed by atoms with Gasteiger partial charge in [0.25, 0.3) is 0 Å². The molecule has 0 radical (unpaired) electrons. The summed E-state index contributed by atoms with van der Waals surface area (Å²) in [6.07, 6.45) is 0. The second-order valence-electron chi connectivity index (χ2n) is 3.44. The lowest BCUT2D eigenvalue weighted by molar-refractivity contribution is 0.333. The van der Waals surface area contributed by atoms with Crippen molar-refractivity contribution in [2.75, 3.05) is 20.0 Å². The number of hydrogen-bond donors (Lipinski definition) is 3. The van der Waals surface area contributed by atoms with Crippen LogP contribution in [0.15, 0.2) is 18.2 Å². The highest BCUT2D eigenvalue weighted by Gasteiger charge is 2.13. The van der Waals surface area contributed by atoms with Gasteiger partial charge in [0.1, 0.15) is 5.82 Å². The number of nitrogens with two attached hydrogens (primary N) is 1. The standard InChI is InChI=1S/C11H13N3O3/c1-16-9-4-6(3-8(15)11(9)17-2)7-5-10(12)14-13-7/h3-5,15H,1-2H3,(H3,12,13,14). The van der Waals surface area contributed by atoms with Gasteiger partial charge >= 0.3 is 0 Å². The number of aromatic amines is 1. The number of nitrogen functional groups attached to an aromatic ring is 1. The van der Waals surface area contributed by atoms with E-state index in [2.05, 4.69) is 10.2 Å². The number of ether oxygens (including phenoxy) is 2. The molecular weight excluding hydrogens is 222 g/mol. The number of H-pyrrole nitrogens is 1. The SMILES string of the molecule is COc1cc(-c2cc(N)n[nH]2)cc(O)c1OC. The van der Waals surface area contributed by atoms with Crippen molar-refractivity contribution >= 4 is 5.82 Å². The van der Waals surface area contributed by atoms with Crippen LogP contribution in [0.25, 0.3) is 11.3 Å². The molecule has 0 atom stereocenters. The summed E-state index contributed by atoms with van der Waals surface area (Å²) in [7, 11) is 2.97. The van der Waals surface area contributed by atoms with E-state index < -0.39 is 0 Å². The number of rotatable bonds is 3. The Labute approximate surface area is 98.0 Å². The number of hydrogen-bond acceptors (Lipinski definition) is 5. The maximum Gasteiger partial charge on any atom is 0.203 e. The van der Waals surface area contributed by atoms with Gasteiger partial charge < -0.3 is 20.3 Å². The van der Waals surface area contributed by atoms with Crippen LogP contribution in [0.3, 0.4) is 0 Å². The van der Waals surface area contributed by atoms with Crippen molar-refractivity contribution in [1.82, 2.24) is 10.2 Å². The number of anilines is 1. The predicted molar refractivity (Wildman–Crippen MR) is 63.2 cm³/mol. The monoisotopic (exact) mass is 235 g/mol. The maximum absolute atomic E-state index is 9.80. The van der Waals surface area contributed by atoms with Crippen LogP contribution in [0.4, 0.5) is 5.82 Å². The molecule has 6 heteroatoms. The van der Waals surface area contributed by atoms with E-state index in [4.69, 9.17) is 15.2 Å². The van der Waals surface area contributed by atoms with Crippen molar-refractivity contribution in [2.24, 2.45) is 0 Å². The zero-order valence-electron chi connectivity index (χ0n) is 9.52. The van der Waals surface area contributed by atoms with Crippen LogP contribution >= 0.6 is 0 Å².